The summed E-state index contributed by atoms with van der Waals surface area (Å²) in [5.74, 6) is -0.921. The molecular weight excluding hydrogens is 346 g/mol. The first-order valence-electron chi connectivity index (χ1n) is 9.25. The number of aromatic carboxylic acids is 1. The summed E-state index contributed by atoms with van der Waals surface area (Å²) < 4.78 is 5.45. The van der Waals surface area contributed by atoms with Crippen LogP contribution in [0.1, 0.15) is 47.8 Å². The Morgan fingerprint density at radius 2 is 1.56 bits per heavy atom. The summed E-state index contributed by atoms with van der Waals surface area (Å²) in [7, 11) is 1.81. The van der Waals surface area contributed by atoms with Gasteiger partial charge in [-0.2, -0.15) is 0 Å². The van der Waals surface area contributed by atoms with Crippen molar-refractivity contribution in [2.24, 2.45) is 0 Å². The molecule has 0 bridgehead atoms. The normalized spacial score (nSPS) is 14.9. The Morgan fingerprint density at radius 1 is 1.00 bits per heavy atom. The van der Waals surface area contributed by atoms with Gasteiger partial charge in [0.05, 0.1) is 5.56 Å². The van der Waals surface area contributed by atoms with Gasteiger partial charge in [0, 0.05) is 44.6 Å². The van der Waals surface area contributed by atoms with E-state index in [0.717, 1.165) is 28.1 Å². The van der Waals surface area contributed by atoms with Gasteiger partial charge in [-0.1, -0.05) is 0 Å². The summed E-state index contributed by atoms with van der Waals surface area (Å²) in [5.41, 5.74) is 4.15. The molecule has 7 heteroatoms. The topological polar surface area (TPSA) is 82.1 Å². The number of anilines is 2. The molecule has 2 N–H and O–H groups in total. The van der Waals surface area contributed by atoms with E-state index in [2.05, 4.69) is 10.2 Å². The molecule has 2 rings (SSSR count). The summed E-state index contributed by atoms with van der Waals surface area (Å²) in [6.07, 6.45) is -0.304. The Hall–Kier alpha value is -2.44. The molecule has 0 unspecified atom stereocenters. The number of piperazine rings is 1. The number of rotatable bonds is 3. The number of hydrogen-bond acceptors (Lipinski definition) is 5. The lowest BCUT2D eigenvalue weighted by Crippen LogP contribution is -2.50. The Labute approximate surface area is 161 Å². The number of nitrogens with zero attached hydrogens (tertiary/aromatic N) is 2. The summed E-state index contributed by atoms with van der Waals surface area (Å²) >= 11 is 0. The molecule has 1 aromatic carbocycles. The summed E-state index contributed by atoms with van der Waals surface area (Å²) in [6.45, 7) is 13.6. The van der Waals surface area contributed by atoms with Crippen LogP contribution < -0.4 is 10.2 Å². The maximum atomic E-state index is 12.3. The van der Waals surface area contributed by atoms with Gasteiger partial charge in [-0.3, -0.25) is 0 Å². The van der Waals surface area contributed by atoms with Crippen LogP contribution in [-0.2, 0) is 4.74 Å². The third-order valence-electron chi connectivity index (χ3n) is 4.92. The van der Waals surface area contributed by atoms with E-state index in [-0.39, 0.29) is 6.09 Å². The molecule has 0 atom stereocenters. The van der Waals surface area contributed by atoms with Crippen molar-refractivity contribution in [2.45, 2.75) is 47.1 Å². The van der Waals surface area contributed by atoms with E-state index in [9.17, 15) is 14.7 Å². The second kappa shape index (κ2) is 7.66. The highest BCUT2D eigenvalue weighted by Crippen LogP contribution is 2.37. The number of hydrogen-bond donors (Lipinski definition) is 2. The molecule has 1 amide bonds. The molecule has 0 aliphatic carbocycles. The number of ether oxygens (including phenoxy) is 1. The maximum absolute atomic E-state index is 12.3. The van der Waals surface area contributed by atoms with Gasteiger partial charge in [0.2, 0.25) is 0 Å². The maximum Gasteiger partial charge on any atom is 0.410 e. The number of carbonyl (C=O) groups excluding carboxylic acids is 1. The zero-order chi connectivity index (χ0) is 20.5. The second-order valence-electron chi connectivity index (χ2n) is 7.98. The van der Waals surface area contributed by atoms with Crippen LogP contribution in [0.5, 0.6) is 0 Å². The molecule has 0 spiro atoms. The van der Waals surface area contributed by atoms with E-state index in [4.69, 9.17) is 4.74 Å². The van der Waals surface area contributed by atoms with E-state index in [0.29, 0.717) is 31.7 Å². The molecule has 1 fully saturated rings. The predicted molar refractivity (Wildman–Crippen MR) is 107 cm³/mol. The first-order valence-corrected chi connectivity index (χ1v) is 9.25. The number of nitrogens with one attached hydrogen (secondary N) is 1. The Bertz CT molecular complexity index is 745. The van der Waals surface area contributed by atoms with Crippen LogP contribution in [0.25, 0.3) is 0 Å². The number of amides is 1. The SMILES string of the molecule is CNc1c(C)c(C(=O)O)c(C)c(N2CCN(C(=O)OC(C)(C)C)CC2)c1C. The number of carboxylic acid groups (broad SMARTS) is 1. The third-order valence-corrected chi connectivity index (χ3v) is 4.92. The van der Waals surface area contributed by atoms with Crippen LogP contribution in [0, 0.1) is 20.8 Å². The monoisotopic (exact) mass is 377 g/mol. The minimum atomic E-state index is -0.921. The molecule has 0 aromatic heterocycles. The average Bonchev–Trinajstić information content (AvgIpc) is 2.53. The van der Waals surface area contributed by atoms with Gasteiger partial charge in [0.25, 0.3) is 0 Å². The highest BCUT2D eigenvalue weighted by Gasteiger charge is 2.29. The molecular formula is C20H31N3O4. The van der Waals surface area contributed by atoms with Gasteiger partial charge in [-0.25, -0.2) is 9.59 Å². The van der Waals surface area contributed by atoms with Crippen molar-refractivity contribution >= 4 is 23.4 Å². The number of carboxylic acids is 1. The van der Waals surface area contributed by atoms with E-state index in [1.165, 1.54) is 0 Å². The summed E-state index contributed by atoms with van der Waals surface area (Å²) in [6, 6.07) is 0. The van der Waals surface area contributed by atoms with Gasteiger partial charge in [-0.15, -0.1) is 0 Å². The van der Waals surface area contributed by atoms with Crippen LogP contribution in [0.3, 0.4) is 0 Å². The van der Waals surface area contributed by atoms with Crippen molar-refractivity contribution in [1.82, 2.24) is 4.90 Å². The Balaban J connectivity index is 2.29. The predicted octanol–water partition coefficient (Wildman–Crippen LogP) is 3.41. The van der Waals surface area contributed by atoms with Crippen molar-refractivity contribution in [3.05, 3.63) is 22.3 Å². The minimum absolute atomic E-state index is 0.304. The Morgan fingerprint density at radius 3 is 2.00 bits per heavy atom. The standard InChI is InChI=1S/C20H31N3O4/c1-12-15(18(24)25)13(2)17(14(3)16(12)21-7)22-8-10-23(11-9-22)19(26)27-20(4,5)6/h21H,8-11H2,1-7H3,(H,24,25). The third kappa shape index (κ3) is 4.28. The Kier molecular flexibility index (Phi) is 5.92. The lowest BCUT2D eigenvalue weighted by molar-refractivity contribution is 0.0240. The van der Waals surface area contributed by atoms with Crippen molar-refractivity contribution in [3.63, 3.8) is 0 Å². The van der Waals surface area contributed by atoms with Crippen molar-refractivity contribution in [2.75, 3.05) is 43.4 Å². The van der Waals surface area contributed by atoms with E-state index < -0.39 is 11.6 Å². The zero-order valence-electron chi connectivity index (χ0n) is 17.4. The van der Waals surface area contributed by atoms with Crippen LogP contribution in [0.4, 0.5) is 16.2 Å². The van der Waals surface area contributed by atoms with Gasteiger partial charge in [-0.05, 0) is 58.2 Å². The van der Waals surface area contributed by atoms with Crippen molar-refractivity contribution < 1.29 is 19.4 Å². The van der Waals surface area contributed by atoms with Crippen molar-refractivity contribution in [3.8, 4) is 0 Å². The van der Waals surface area contributed by atoms with Crippen LogP contribution >= 0.6 is 0 Å². The second-order valence-corrected chi connectivity index (χ2v) is 7.98. The molecule has 150 valence electrons. The quantitative estimate of drug-likeness (QED) is 0.840. The van der Waals surface area contributed by atoms with Gasteiger partial charge < -0.3 is 25.0 Å². The molecule has 27 heavy (non-hydrogen) atoms. The molecule has 1 heterocycles. The van der Waals surface area contributed by atoms with E-state index >= 15 is 0 Å². The van der Waals surface area contributed by atoms with Gasteiger partial charge >= 0.3 is 12.1 Å². The number of benzene rings is 1. The largest absolute Gasteiger partial charge is 0.478 e. The minimum Gasteiger partial charge on any atom is -0.478 e. The average molecular weight is 377 g/mol. The van der Waals surface area contributed by atoms with Gasteiger partial charge in [0.1, 0.15) is 5.60 Å². The highest BCUT2D eigenvalue weighted by molar-refractivity contribution is 5.96. The highest BCUT2D eigenvalue weighted by atomic mass is 16.6. The molecule has 7 nitrogen and oxygen atoms in total. The fourth-order valence-electron chi connectivity index (χ4n) is 3.81. The molecule has 0 saturated carbocycles. The fraction of sp³-hybridized carbons (Fsp3) is 0.600. The van der Waals surface area contributed by atoms with E-state index in [1.807, 2.05) is 41.5 Å². The smallest absolute Gasteiger partial charge is 0.410 e. The van der Waals surface area contributed by atoms with Crippen LogP contribution in [0.15, 0.2) is 0 Å². The lowest BCUT2D eigenvalue weighted by atomic mass is 9.93. The number of carbonyl (C=O) groups is 2. The van der Waals surface area contributed by atoms with Crippen LogP contribution in [0.2, 0.25) is 0 Å². The first-order chi connectivity index (χ1) is 12.5. The molecule has 1 aliphatic rings. The summed E-state index contributed by atoms with van der Waals surface area (Å²) in [5, 5.41) is 12.8. The summed E-state index contributed by atoms with van der Waals surface area (Å²) in [4.78, 5) is 28.0. The fourth-order valence-corrected chi connectivity index (χ4v) is 3.81. The van der Waals surface area contributed by atoms with Gasteiger partial charge in [0.15, 0.2) is 0 Å². The molecule has 1 aromatic rings. The molecule has 0 radical (unpaired) electrons. The molecule has 1 aliphatic heterocycles. The van der Waals surface area contributed by atoms with Crippen molar-refractivity contribution in [1.29, 1.82) is 0 Å². The van der Waals surface area contributed by atoms with Crippen LogP contribution in [-0.4, -0.2) is 60.9 Å². The van der Waals surface area contributed by atoms with E-state index in [1.54, 1.807) is 11.9 Å². The molecule has 1 saturated heterocycles. The lowest BCUT2D eigenvalue weighted by Gasteiger charge is -2.38. The zero-order valence-corrected chi connectivity index (χ0v) is 17.4. The first kappa shape index (κ1) is 20.9.